The highest BCUT2D eigenvalue weighted by Crippen LogP contribution is 2.43. The number of nitrogens with zero attached hydrogens (tertiary/aromatic N) is 2. The average Bonchev–Trinajstić information content (AvgIpc) is 3.64. The molecule has 0 N–H and O–H groups in total. The summed E-state index contributed by atoms with van der Waals surface area (Å²) >= 11 is 0. The van der Waals surface area contributed by atoms with Gasteiger partial charge in [-0.1, -0.05) is 127 Å². The van der Waals surface area contributed by atoms with Crippen molar-refractivity contribution in [3.63, 3.8) is 0 Å². The fraction of sp³-hybridized carbons (Fsp3) is 0. The maximum Gasteiger partial charge on any atom is 0.143 e. The lowest BCUT2D eigenvalue weighted by Gasteiger charge is -2.28. The molecule has 10 rings (SSSR count). The molecule has 1 aromatic heterocycles. The first kappa shape index (κ1) is 32.3. The molecule has 0 saturated heterocycles. The molecule has 0 aliphatic heterocycles. The standard InChI is InChI=1S/C52H36N2O/c1-5-15-37(16-6-1)39-27-34-47-50-36-49(46-23-13-14-24-48(46)52(50)55-51(47)35-39)38-25-28-43(29-26-38)54(42-21-11-4-12-22-42)45-32-30-44(31-33-45)53(40-17-7-2-8-18-40)41-19-9-3-10-20-41/h1-36H. The molecule has 0 aliphatic carbocycles. The van der Waals surface area contributed by atoms with Gasteiger partial charge in [-0.25, -0.2) is 0 Å². The van der Waals surface area contributed by atoms with Crippen molar-refractivity contribution in [3.05, 3.63) is 218 Å². The van der Waals surface area contributed by atoms with E-state index in [9.17, 15) is 0 Å². The van der Waals surface area contributed by atoms with Gasteiger partial charge in [0.2, 0.25) is 0 Å². The van der Waals surface area contributed by atoms with E-state index in [0.29, 0.717) is 0 Å². The van der Waals surface area contributed by atoms with E-state index in [1.165, 1.54) is 16.5 Å². The lowest BCUT2D eigenvalue weighted by Crippen LogP contribution is -2.12. The molecule has 55 heavy (non-hydrogen) atoms. The Morgan fingerprint density at radius 1 is 0.273 bits per heavy atom. The van der Waals surface area contributed by atoms with Crippen molar-refractivity contribution in [1.29, 1.82) is 0 Å². The summed E-state index contributed by atoms with van der Waals surface area (Å²) in [6.45, 7) is 0. The van der Waals surface area contributed by atoms with Crippen LogP contribution in [0, 0.1) is 0 Å². The molecule has 10 aromatic rings. The number of furan rings is 1. The Balaban J connectivity index is 1.04. The summed E-state index contributed by atoms with van der Waals surface area (Å²) in [5.74, 6) is 0. The minimum absolute atomic E-state index is 0.897. The Labute approximate surface area is 320 Å². The maximum atomic E-state index is 6.63. The number of hydrogen-bond acceptors (Lipinski definition) is 3. The van der Waals surface area contributed by atoms with Crippen LogP contribution in [0.2, 0.25) is 0 Å². The summed E-state index contributed by atoms with van der Waals surface area (Å²) in [5.41, 5.74) is 13.1. The summed E-state index contributed by atoms with van der Waals surface area (Å²) in [4.78, 5) is 4.61. The van der Waals surface area contributed by atoms with Crippen LogP contribution in [-0.4, -0.2) is 0 Å². The van der Waals surface area contributed by atoms with Crippen LogP contribution in [0.3, 0.4) is 0 Å². The van der Waals surface area contributed by atoms with Crippen molar-refractivity contribution in [2.75, 3.05) is 9.80 Å². The van der Waals surface area contributed by atoms with E-state index in [2.05, 4.69) is 222 Å². The first-order valence-corrected chi connectivity index (χ1v) is 18.7. The fourth-order valence-corrected chi connectivity index (χ4v) is 7.81. The third-order valence-corrected chi connectivity index (χ3v) is 10.4. The number of hydrogen-bond donors (Lipinski definition) is 0. The van der Waals surface area contributed by atoms with Crippen LogP contribution in [0.1, 0.15) is 0 Å². The van der Waals surface area contributed by atoms with Gasteiger partial charge in [0.1, 0.15) is 11.2 Å². The van der Waals surface area contributed by atoms with E-state index in [1.54, 1.807) is 0 Å². The maximum absolute atomic E-state index is 6.63. The monoisotopic (exact) mass is 704 g/mol. The summed E-state index contributed by atoms with van der Waals surface area (Å²) in [6, 6.07) is 77.3. The van der Waals surface area contributed by atoms with Crippen LogP contribution < -0.4 is 9.80 Å². The summed E-state index contributed by atoms with van der Waals surface area (Å²) in [5, 5.41) is 4.53. The van der Waals surface area contributed by atoms with Crippen LogP contribution >= 0.6 is 0 Å². The SMILES string of the molecule is c1ccc(-c2ccc3c(c2)oc2c4ccccc4c(-c4ccc(N(c5ccccc5)c5ccc(N(c6ccccc6)c6ccccc6)cc5)cc4)cc32)cc1. The van der Waals surface area contributed by atoms with Gasteiger partial charge in [-0.2, -0.15) is 0 Å². The van der Waals surface area contributed by atoms with Crippen molar-refractivity contribution < 1.29 is 4.42 Å². The van der Waals surface area contributed by atoms with E-state index >= 15 is 0 Å². The lowest BCUT2D eigenvalue weighted by atomic mass is 9.95. The van der Waals surface area contributed by atoms with Crippen molar-refractivity contribution in [1.82, 2.24) is 0 Å². The molecule has 0 amide bonds. The minimum atomic E-state index is 0.897. The quantitative estimate of drug-likeness (QED) is 0.157. The third-order valence-electron chi connectivity index (χ3n) is 10.4. The smallest absolute Gasteiger partial charge is 0.143 e. The predicted molar refractivity (Wildman–Crippen MR) is 231 cm³/mol. The van der Waals surface area contributed by atoms with Crippen molar-refractivity contribution in [2.24, 2.45) is 0 Å². The Morgan fingerprint density at radius 3 is 1.22 bits per heavy atom. The second-order valence-electron chi connectivity index (χ2n) is 13.8. The molecule has 0 spiro atoms. The number of benzene rings is 9. The Kier molecular flexibility index (Phi) is 8.16. The molecule has 0 aliphatic rings. The van der Waals surface area contributed by atoms with E-state index in [4.69, 9.17) is 4.42 Å². The lowest BCUT2D eigenvalue weighted by molar-refractivity contribution is 0.673. The van der Waals surface area contributed by atoms with Gasteiger partial charge in [0.15, 0.2) is 0 Å². The van der Waals surface area contributed by atoms with Crippen LogP contribution in [0.15, 0.2) is 223 Å². The van der Waals surface area contributed by atoms with Crippen molar-refractivity contribution in [2.45, 2.75) is 0 Å². The van der Waals surface area contributed by atoms with E-state index in [-0.39, 0.29) is 0 Å². The summed E-state index contributed by atoms with van der Waals surface area (Å²) in [7, 11) is 0. The average molecular weight is 705 g/mol. The normalized spacial score (nSPS) is 11.3. The second kappa shape index (κ2) is 13.9. The van der Waals surface area contributed by atoms with E-state index in [0.717, 1.165) is 72.6 Å². The van der Waals surface area contributed by atoms with E-state index < -0.39 is 0 Å². The molecule has 0 unspecified atom stereocenters. The number of rotatable bonds is 8. The van der Waals surface area contributed by atoms with E-state index in [1.807, 2.05) is 6.07 Å². The van der Waals surface area contributed by atoms with Gasteiger partial charge in [0.05, 0.1) is 0 Å². The van der Waals surface area contributed by atoms with Gasteiger partial charge < -0.3 is 14.2 Å². The van der Waals surface area contributed by atoms with Crippen molar-refractivity contribution in [3.8, 4) is 22.3 Å². The summed E-state index contributed by atoms with van der Waals surface area (Å²) < 4.78 is 6.63. The highest BCUT2D eigenvalue weighted by molar-refractivity contribution is 6.19. The highest BCUT2D eigenvalue weighted by Gasteiger charge is 2.18. The molecule has 0 bridgehead atoms. The Bertz CT molecular complexity index is 2850. The molecule has 0 fully saturated rings. The van der Waals surface area contributed by atoms with Gasteiger partial charge in [-0.15, -0.1) is 0 Å². The fourth-order valence-electron chi connectivity index (χ4n) is 7.81. The van der Waals surface area contributed by atoms with Gasteiger partial charge in [-0.3, -0.25) is 0 Å². The molecule has 260 valence electrons. The second-order valence-corrected chi connectivity index (χ2v) is 13.8. The number of fused-ring (bicyclic) bond motifs is 5. The topological polar surface area (TPSA) is 19.6 Å². The summed E-state index contributed by atoms with van der Waals surface area (Å²) in [6.07, 6.45) is 0. The number of anilines is 6. The largest absolute Gasteiger partial charge is 0.455 e. The zero-order valence-electron chi connectivity index (χ0n) is 30.1. The molecular weight excluding hydrogens is 669 g/mol. The van der Waals surface area contributed by atoms with Crippen LogP contribution in [-0.2, 0) is 0 Å². The molecule has 0 radical (unpaired) electrons. The zero-order valence-corrected chi connectivity index (χ0v) is 30.1. The molecule has 9 aromatic carbocycles. The van der Waals surface area contributed by atoms with Crippen LogP contribution in [0.25, 0.3) is 55.0 Å². The van der Waals surface area contributed by atoms with Crippen molar-refractivity contribution >= 4 is 66.8 Å². The van der Waals surface area contributed by atoms with Gasteiger partial charge in [-0.05, 0) is 119 Å². The molecule has 3 nitrogen and oxygen atoms in total. The third kappa shape index (κ3) is 5.98. The van der Waals surface area contributed by atoms with Crippen LogP contribution in [0.5, 0.6) is 0 Å². The van der Waals surface area contributed by atoms with Gasteiger partial charge in [0.25, 0.3) is 0 Å². The zero-order chi connectivity index (χ0) is 36.6. The minimum Gasteiger partial charge on any atom is -0.455 e. The Morgan fingerprint density at radius 2 is 0.691 bits per heavy atom. The molecule has 0 atom stereocenters. The molecule has 3 heteroatoms. The Hall–Kier alpha value is -7.36. The molecule has 0 saturated carbocycles. The van der Waals surface area contributed by atoms with Crippen LogP contribution in [0.4, 0.5) is 34.1 Å². The van der Waals surface area contributed by atoms with Gasteiger partial charge in [0, 0.05) is 50.3 Å². The number of para-hydroxylation sites is 3. The highest BCUT2D eigenvalue weighted by atomic mass is 16.3. The molecular formula is C52H36N2O. The first-order chi connectivity index (χ1) is 27.3. The first-order valence-electron chi connectivity index (χ1n) is 18.7. The predicted octanol–water partition coefficient (Wildman–Crippen LogP) is 15.0. The molecule has 1 heterocycles. The van der Waals surface area contributed by atoms with Gasteiger partial charge >= 0.3 is 0 Å².